The van der Waals surface area contributed by atoms with Crippen molar-refractivity contribution < 1.29 is 12.0 Å². The van der Waals surface area contributed by atoms with E-state index in [2.05, 4.69) is 19.1 Å². The molecule has 0 aliphatic carbocycles. The van der Waals surface area contributed by atoms with Gasteiger partial charge in [-0.2, -0.15) is 0 Å². The van der Waals surface area contributed by atoms with Gasteiger partial charge < -0.3 is 0 Å². The van der Waals surface area contributed by atoms with Gasteiger partial charge in [-0.05, 0) is 67.4 Å². The van der Waals surface area contributed by atoms with Crippen LogP contribution in [0.1, 0.15) is 18.1 Å². The fraction of sp³-hybridized carbons (Fsp3) is 0.111. The molecule has 0 bridgehead atoms. The number of rotatable bonds is 7. The molecule has 5 heteroatoms. The summed E-state index contributed by atoms with van der Waals surface area (Å²) in [5.74, 6) is 0. The SMILES string of the molecule is CCc1ccc(S([OH+]S(=O)(=O)c2ccc(C)cc2)(c2ccccc2)c2ccccc2)cc1. The summed E-state index contributed by atoms with van der Waals surface area (Å²) in [5.41, 5.74) is 2.20. The molecule has 0 unspecified atom stereocenters. The van der Waals surface area contributed by atoms with Crippen LogP contribution in [-0.2, 0) is 16.5 Å². The van der Waals surface area contributed by atoms with Crippen LogP contribution in [0.2, 0.25) is 0 Å². The summed E-state index contributed by atoms with van der Waals surface area (Å²) < 4.78 is 32.1. The Labute approximate surface area is 192 Å². The predicted octanol–water partition coefficient (Wildman–Crippen LogP) is 7.24. The van der Waals surface area contributed by atoms with Crippen LogP contribution in [0, 0.1) is 6.92 Å². The topological polar surface area (TPSA) is 46.9 Å². The predicted molar refractivity (Wildman–Crippen MR) is 132 cm³/mol. The summed E-state index contributed by atoms with van der Waals surface area (Å²) >= 11 is 0. The molecule has 0 spiro atoms. The number of hydrogen-bond acceptors (Lipinski definition) is 2. The van der Waals surface area contributed by atoms with E-state index >= 15 is 0 Å². The Bertz CT molecular complexity index is 1230. The quantitative estimate of drug-likeness (QED) is 0.214. The molecular weight excluding hydrogens is 436 g/mol. The highest BCUT2D eigenvalue weighted by Gasteiger charge is 2.43. The van der Waals surface area contributed by atoms with Gasteiger partial charge in [0.05, 0.1) is 25.0 Å². The monoisotopic (exact) mass is 463 g/mol. The van der Waals surface area contributed by atoms with Gasteiger partial charge in [-0.3, -0.25) is 3.63 Å². The van der Waals surface area contributed by atoms with Crippen LogP contribution in [0.4, 0.5) is 0 Å². The molecule has 0 saturated heterocycles. The maximum Gasteiger partial charge on any atom is 0.422 e. The molecule has 0 saturated carbocycles. The molecule has 0 atom stereocenters. The van der Waals surface area contributed by atoms with Crippen molar-refractivity contribution in [1.29, 1.82) is 0 Å². The fourth-order valence-electron chi connectivity index (χ4n) is 3.59. The Balaban J connectivity index is 1.99. The molecule has 0 aliphatic rings. The van der Waals surface area contributed by atoms with E-state index in [1.54, 1.807) is 24.3 Å². The smallest absolute Gasteiger partial charge is 0.258 e. The molecular formula is C27H27O3S2+. The van der Waals surface area contributed by atoms with E-state index in [1.807, 2.05) is 79.7 Å². The summed E-state index contributed by atoms with van der Waals surface area (Å²) in [4.78, 5) is 2.86. The van der Waals surface area contributed by atoms with Crippen molar-refractivity contribution in [2.24, 2.45) is 0 Å². The normalized spacial score (nSPS) is 12.4. The largest absolute Gasteiger partial charge is 0.422 e. The molecule has 1 N–H and O–H groups in total. The van der Waals surface area contributed by atoms with Gasteiger partial charge >= 0.3 is 10.1 Å². The first kappa shape index (κ1) is 22.3. The van der Waals surface area contributed by atoms with Gasteiger partial charge in [-0.25, -0.2) is 0 Å². The molecule has 0 aromatic heterocycles. The maximum atomic E-state index is 13.7. The molecule has 0 radical (unpaired) electrons. The lowest BCUT2D eigenvalue weighted by atomic mass is 10.2. The number of aryl methyl sites for hydroxylation is 2. The van der Waals surface area contributed by atoms with E-state index in [-0.39, 0.29) is 4.90 Å². The highest BCUT2D eigenvalue weighted by molar-refractivity contribution is 8.32. The van der Waals surface area contributed by atoms with E-state index < -0.39 is 20.4 Å². The lowest BCUT2D eigenvalue weighted by molar-refractivity contribution is 0.387. The minimum atomic E-state index is -3.93. The van der Waals surface area contributed by atoms with Gasteiger partial charge in [0.2, 0.25) is 0 Å². The van der Waals surface area contributed by atoms with Crippen LogP contribution in [0.3, 0.4) is 0 Å². The summed E-state index contributed by atoms with van der Waals surface area (Å²) in [6.45, 7) is 4.04. The summed E-state index contributed by atoms with van der Waals surface area (Å²) in [6.07, 6.45) is 0.915. The summed E-state index contributed by atoms with van der Waals surface area (Å²) in [7, 11) is -6.37. The van der Waals surface area contributed by atoms with E-state index in [4.69, 9.17) is 3.63 Å². The molecule has 4 aromatic carbocycles. The zero-order chi connectivity index (χ0) is 22.6. The average Bonchev–Trinajstić information content (AvgIpc) is 2.84. The van der Waals surface area contributed by atoms with Crippen molar-refractivity contribution in [2.75, 3.05) is 0 Å². The van der Waals surface area contributed by atoms with E-state index in [9.17, 15) is 8.42 Å². The Hall–Kier alpha value is -2.86. The van der Waals surface area contributed by atoms with Crippen LogP contribution >= 0.6 is 10.3 Å². The second-order valence-electron chi connectivity index (χ2n) is 7.57. The summed E-state index contributed by atoms with van der Waals surface area (Å²) in [5, 5.41) is 0. The van der Waals surface area contributed by atoms with Crippen molar-refractivity contribution in [2.45, 2.75) is 39.9 Å². The van der Waals surface area contributed by atoms with Crippen molar-refractivity contribution in [3.63, 3.8) is 0 Å². The second kappa shape index (κ2) is 9.33. The fourth-order valence-corrected chi connectivity index (χ4v) is 9.08. The van der Waals surface area contributed by atoms with Gasteiger partial charge in [-0.1, -0.05) is 73.2 Å². The molecule has 3 nitrogen and oxygen atoms in total. The average molecular weight is 464 g/mol. The van der Waals surface area contributed by atoms with Crippen molar-refractivity contribution in [3.8, 4) is 0 Å². The maximum absolute atomic E-state index is 13.7. The van der Waals surface area contributed by atoms with Crippen LogP contribution < -0.4 is 0 Å². The lowest BCUT2D eigenvalue weighted by Crippen LogP contribution is -2.18. The number of hydrogen-bond donors (Lipinski definition) is 0. The van der Waals surface area contributed by atoms with Crippen LogP contribution in [0.25, 0.3) is 0 Å². The molecule has 4 aromatic rings. The highest BCUT2D eigenvalue weighted by Crippen LogP contribution is 2.68. The number of benzene rings is 4. The molecule has 0 heterocycles. The van der Waals surface area contributed by atoms with Gasteiger partial charge in [0.1, 0.15) is 4.90 Å². The minimum absolute atomic E-state index is 0.206. The highest BCUT2D eigenvalue weighted by atomic mass is 32.3. The van der Waals surface area contributed by atoms with E-state index in [0.717, 1.165) is 26.7 Å². The van der Waals surface area contributed by atoms with Gasteiger partial charge in [0.15, 0.2) is 0 Å². The minimum Gasteiger partial charge on any atom is -0.258 e. The zero-order valence-corrected chi connectivity index (χ0v) is 19.8. The lowest BCUT2D eigenvalue weighted by Gasteiger charge is -2.34. The first-order valence-corrected chi connectivity index (χ1v) is 13.6. The molecule has 32 heavy (non-hydrogen) atoms. The first-order chi connectivity index (χ1) is 15.5. The van der Waals surface area contributed by atoms with Crippen LogP contribution in [-0.4, -0.2) is 12.0 Å². The molecule has 0 fully saturated rings. The van der Waals surface area contributed by atoms with Gasteiger partial charge in [0.25, 0.3) is 0 Å². The van der Waals surface area contributed by atoms with Crippen molar-refractivity contribution >= 4 is 20.4 Å². The Morgan fingerprint density at radius 1 is 0.594 bits per heavy atom. The van der Waals surface area contributed by atoms with Crippen molar-refractivity contribution in [3.05, 3.63) is 120 Å². The first-order valence-electron chi connectivity index (χ1n) is 10.5. The van der Waals surface area contributed by atoms with Crippen LogP contribution in [0.15, 0.2) is 129 Å². The Morgan fingerprint density at radius 3 is 1.50 bits per heavy atom. The van der Waals surface area contributed by atoms with E-state index in [0.29, 0.717) is 0 Å². The molecule has 164 valence electrons. The van der Waals surface area contributed by atoms with Gasteiger partial charge in [-0.15, -0.1) is 8.42 Å². The standard InChI is InChI=1S/C27H26O3S2/c1-3-23-16-20-26(21-17-23)31(24-10-6-4-7-11-24,25-12-8-5-9-13-25)30-32(28,29)27-18-14-22(2)15-19-27/h4-21H,3H2,1-2H3/p+1. The van der Waals surface area contributed by atoms with Crippen molar-refractivity contribution in [1.82, 2.24) is 0 Å². The van der Waals surface area contributed by atoms with Crippen LogP contribution in [0.5, 0.6) is 0 Å². The molecule has 0 amide bonds. The third-order valence-electron chi connectivity index (χ3n) is 5.37. The van der Waals surface area contributed by atoms with Gasteiger partial charge in [0, 0.05) is 0 Å². The zero-order valence-electron chi connectivity index (χ0n) is 18.2. The second-order valence-corrected chi connectivity index (χ2v) is 12.2. The third kappa shape index (κ3) is 4.37. The Morgan fingerprint density at radius 2 is 1.03 bits per heavy atom. The molecule has 4 rings (SSSR count). The Kier molecular flexibility index (Phi) is 6.51. The van der Waals surface area contributed by atoms with E-state index in [1.165, 1.54) is 5.56 Å². The molecule has 0 aliphatic heterocycles. The summed E-state index contributed by atoms with van der Waals surface area (Å²) in [6, 6.07) is 34.6. The third-order valence-corrected chi connectivity index (χ3v) is 10.8.